The molecule has 3 aliphatic rings. The van der Waals surface area contributed by atoms with Crippen LogP contribution in [0.2, 0.25) is 0 Å². The van der Waals surface area contributed by atoms with E-state index < -0.39 is 29.7 Å². The fourth-order valence-corrected chi connectivity index (χ4v) is 4.29. The normalized spacial score (nSPS) is 28.6. The summed E-state index contributed by atoms with van der Waals surface area (Å²) in [6, 6.07) is 4.19. The Morgan fingerprint density at radius 3 is 2.87 bits per heavy atom. The second kappa shape index (κ2) is 8.30. The first-order valence-corrected chi connectivity index (χ1v) is 10.4. The molecule has 0 aromatic heterocycles. The number of nitrogens with one attached hydrogen (secondary N) is 2. The Morgan fingerprint density at radius 1 is 1.39 bits per heavy atom. The van der Waals surface area contributed by atoms with Crippen molar-refractivity contribution in [1.29, 1.82) is 0 Å². The first kappa shape index (κ1) is 21.3. The van der Waals surface area contributed by atoms with E-state index >= 15 is 0 Å². The molecule has 9 heteroatoms. The van der Waals surface area contributed by atoms with Crippen molar-refractivity contribution < 1.29 is 28.2 Å². The number of amides is 2. The molecule has 0 radical (unpaired) electrons. The lowest BCUT2D eigenvalue weighted by atomic mass is 10.1. The fraction of sp³-hybridized carbons (Fsp3) is 0.500. The third-order valence-corrected chi connectivity index (χ3v) is 6.14. The number of rotatable bonds is 6. The Morgan fingerprint density at radius 2 is 2.19 bits per heavy atom. The highest BCUT2D eigenvalue weighted by atomic mass is 19.1. The second-order valence-corrected chi connectivity index (χ2v) is 8.16. The standard InChI is InChI=1S/C22H26FN3O5/c1-3-14-9-22(14,20(28)30-4-2)25-19(27)18-8-15(10-24-18)31-21(29)26-11-13-6-5-7-17(23)16(13)12-26/h3,5-7,14-15,18,24H,1,4,8-12H2,2H3,(H,25,27)/t14-,15?,18+,22-/m1/s1. The molecule has 2 amide bonds. The van der Waals surface area contributed by atoms with Crippen LogP contribution in [-0.2, 0) is 32.2 Å². The molecule has 1 aliphatic carbocycles. The zero-order chi connectivity index (χ0) is 22.2. The number of hydrogen-bond acceptors (Lipinski definition) is 6. The van der Waals surface area contributed by atoms with Gasteiger partial charge in [0.25, 0.3) is 0 Å². The molecule has 2 fully saturated rings. The number of benzene rings is 1. The molecule has 1 saturated heterocycles. The highest BCUT2D eigenvalue weighted by Gasteiger charge is 2.61. The van der Waals surface area contributed by atoms with Crippen LogP contribution >= 0.6 is 0 Å². The number of nitrogens with zero attached hydrogens (tertiary/aromatic N) is 1. The van der Waals surface area contributed by atoms with Gasteiger partial charge in [-0.1, -0.05) is 18.2 Å². The minimum atomic E-state index is -1.06. The molecule has 4 atom stereocenters. The first-order valence-electron chi connectivity index (χ1n) is 10.4. The summed E-state index contributed by atoms with van der Waals surface area (Å²) < 4.78 is 24.5. The van der Waals surface area contributed by atoms with E-state index in [1.807, 2.05) is 0 Å². The molecule has 2 heterocycles. The Hall–Kier alpha value is -2.94. The quantitative estimate of drug-likeness (QED) is 0.525. The third kappa shape index (κ3) is 4.01. The van der Waals surface area contributed by atoms with E-state index in [-0.39, 0.29) is 37.2 Å². The largest absolute Gasteiger partial charge is 0.464 e. The minimum absolute atomic E-state index is 0.163. The summed E-state index contributed by atoms with van der Waals surface area (Å²) in [7, 11) is 0. The SMILES string of the molecule is C=C[C@@H]1C[C@]1(NC(=O)[C@@H]1CC(OC(=O)N2Cc3cccc(F)c3C2)CN1)C(=O)OCC. The van der Waals surface area contributed by atoms with Crippen molar-refractivity contribution in [1.82, 2.24) is 15.5 Å². The van der Waals surface area contributed by atoms with Gasteiger partial charge in [-0.25, -0.2) is 14.0 Å². The van der Waals surface area contributed by atoms with E-state index in [0.717, 1.165) is 5.56 Å². The molecule has 0 bridgehead atoms. The summed E-state index contributed by atoms with van der Waals surface area (Å²) in [6.45, 7) is 6.42. The van der Waals surface area contributed by atoms with Crippen molar-refractivity contribution in [2.75, 3.05) is 13.2 Å². The van der Waals surface area contributed by atoms with Gasteiger partial charge in [-0.15, -0.1) is 6.58 Å². The van der Waals surface area contributed by atoms with Crippen molar-refractivity contribution in [3.05, 3.63) is 47.8 Å². The maximum Gasteiger partial charge on any atom is 0.410 e. The number of carbonyl (C=O) groups excluding carboxylic acids is 3. The topological polar surface area (TPSA) is 97.0 Å². The number of ether oxygens (including phenoxy) is 2. The van der Waals surface area contributed by atoms with E-state index in [2.05, 4.69) is 17.2 Å². The van der Waals surface area contributed by atoms with Crippen LogP contribution in [0, 0.1) is 11.7 Å². The van der Waals surface area contributed by atoms with Gasteiger partial charge in [0.1, 0.15) is 17.5 Å². The van der Waals surface area contributed by atoms with Crippen molar-refractivity contribution in [3.8, 4) is 0 Å². The summed E-state index contributed by atoms with van der Waals surface area (Å²) in [4.78, 5) is 39.0. The molecule has 1 aromatic carbocycles. The monoisotopic (exact) mass is 431 g/mol. The lowest BCUT2D eigenvalue weighted by Crippen LogP contribution is -2.51. The van der Waals surface area contributed by atoms with Gasteiger partial charge >= 0.3 is 12.1 Å². The van der Waals surface area contributed by atoms with Crippen molar-refractivity contribution in [2.45, 2.75) is 50.5 Å². The fourth-order valence-electron chi connectivity index (χ4n) is 4.29. The maximum absolute atomic E-state index is 13.9. The summed E-state index contributed by atoms with van der Waals surface area (Å²) in [6.07, 6.45) is 1.34. The smallest absolute Gasteiger partial charge is 0.410 e. The van der Waals surface area contributed by atoms with Crippen molar-refractivity contribution >= 4 is 18.0 Å². The van der Waals surface area contributed by atoms with E-state index in [1.54, 1.807) is 25.1 Å². The van der Waals surface area contributed by atoms with Gasteiger partial charge in [0.05, 0.1) is 19.2 Å². The Balaban J connectivity index is 1.30. The molecular formula is C22H26FN3O5. The molecule has 31 heavy (non-hydrogen) atoms. The van der Waals surface area contributed by atoms with Crippen LogP contribution < -0.4 is 10.6 Å². The number of halogens is 1. The van der Waals surface area contributed by atoms with Crippen LogP contribution in [0.4, 0.5) is 9.18 Å². The predicted octanol–water partition coefficient (Wildman–Crippen LogP) is 1.63. The van der Waals surface area contributed by atoms with E-state index in [4.69, 9.17) is 9.47 Å². The molecule has 0 spiro atoms. The van der Waals surface area contributed by atoms with Crippen LogP contribution in [-0.4, -0.2) is 53.7 Å². The molecule has 4 rings (SSSR count). The van der Waals surface area contributed by atoms with Crippen LogP contribution in [0.15, 0.2) is 30.9 Å². The number of esters is 1. The number of carbonyl (C=O) groups is 3. The van der Waals surface area contributed by atoms with Crippen molar-refractivity contribution in [3.63, 3.8) is 0 Å². The molecule has 8 nitrogen and oxygen atoms in total. The molecule has 2 N–H and O–H groups in total. The lowest BCUT2D eigenvalue weighted by Gasteiger charge is -2.20. The van der Waals surface area contributed by atoms with E-state index in [9.17, 15) is 18.8 Å². The third-order valence-electron chi connectivity index (χ3n) is 6.14. The van der Waals surface area contributed by atoms with Gasteiger partial charge in [-0.2, -0.15) is 0 Å². The average molecular weight is 431 g/mol. The summed E-state index contributed by atoms with van der Waals surface area (Å²) in [5.74, 6) is -1.30. The lowest BCUT2D eigenvalue weighted by molar-refractivity contribution is -0.149. The van der Waals surface area contributed by atoms with E-state index in [0.29, 0.717) is 25.1 Å². The number of fused-ring (bicyclic) bond motifs is 1. The highest BCUT2D eigenvalue weighted by Crippen LogP contribution is 2.45. The van der Waals surface area contributed by atoms with Crippen LogP contribution in [0.1, 0.15) is 30.9 Å². The van der Waals surface area contributed by atoms with Gasteiger partial charge in [0.2, 0.25) is 5.91 Å². The summed E-state index contributed by atoms with van der Waals surface area (Å²) >= 11 is 0. The predicted molar refractivity (Wildman–Crippen MR) is 108 cm³/mol. The van der Waals surface area contributed by atoms with Gasteiger partial charge in [-0.05, 0) is 25.0 Å². The number of hydrogen-bond donors (Lipinski definition) is 2. The average Bonchev–Trinajstić information content (AvgIpc) is 3.06. The van der Waals surface area contributed by atoms with Gasteiger partial charge in [0, 0.05) is 31.0 Å². The summed E-state index contributed by atoms with van der Waals surface area (Å²) in [5.41, 5.74) is 0.215. The Kier molecular flexibility index (Phi) is 5.70. The zero-order valence-electron chi connectivity index (χ0n) is 17.4. The van der Waals surface area contributed by atoms with E-state index in [1.165, 1.54) is 11.0 Å². The van der Waals surface area contributed by atoms with Crippen LogP contribution in [0.25, 0.3) is 0 Å². The second-order valence-electron chi connectivity index (χ2n) is 8.16. The molecule has 1 unspecified atom stereocenters. The van der Waals surface area contributed by atoms with Gasteiger partial charge in [-0.3, -0.25) is 9.69 Å². The molecule has 1 aromatic rings. The zero-order valence-corrected chi connectivity index (χ0v) is 17.4. The van der Waals surface area contributed by atoms with Crippen LogP contribution in [0.3, 0.4) is 0 Å². The summed E-state index contributed by atoms with van der Waals surface area (Å²) in [5, 5.41) is 5.84. The van der Waals surface area contributed by atoms with Crippen molar-refractivity contribution in [2.24, 2.45) is 5.92 Å². The molecule has 1 saturated carbocycles. The molecule has 2 aliphatic heterocycles. The Bertz CT molecular complexity index is 922. The molecular weight excluding hydrogens is 405 g/mol. The van der Waals surface area contributed by atoms with Gasteiger partial charge in [0.15, 0.2) is 0 Å². The maximum atomic E-state index is 13.9. The Labute approximate surface area is 179 Å². The first-order chi connectivity index (χ1) is 14.9. The van der Waals surface area contributed by atoms with Gasteiger partial charge < -0.3 is 20.1 Å². The van der Waals surface area contributed by atoms with Crippen LogP contribution in [0.5, 0.6) is 0 Å². The minimum Gasteiger partial charge on any atom is -0.464 e. The molecule has 166 valence electrons. The highest BCUT2D eigenvalue weighted by molar-refractivity contribution is 5.93.